The minimum absolute atomic E-state index is 0.0891. The second-order valence-corrected chi connectivity index (χ2v) is 25.8. The molecule has 1 fully saturated rings. The fourth-order valence-corrected chi connectivity index (χ4v) is 11.3. The van der Waals surface area contributed by atoms with Crippen molar-refractivity contribution in [2.24, 2.45) is 29.4 Å². The van der Waals surface area contributed by atoms with Crippen molar-refractivity contribution < 1.29 is 76.7 Å². The van der Waals surface area contributed by atoms with Gasteiger partial charge in [0, 0.05) is 53.5 Å². The number of nitrogens with one attached hydrogen (secondary N) is 6. The standard InChI is InChI=1S/C66H104N10O16/c1-18-35-90-60(83)66(87,38-44-25-21-20-22-26-44)73-50(77)37-49(89-17)65(13)32-24-34-76(65)51(78)36-48(88-16)55(43(9)19-2)74(14)59(82)53(41(5)6)71-58(81)54(42(7)8)75(15)63(86)91-39-45-28-30-46(31-29-45)69-56(79)47(27-23-33-68-61(67)84)70-57(80)52(40(3)4)72-62(85)92-64(10,11)12/h18,20-22,25-26,28-31,40-43,47-49,52-55,87H,1,19,23-24,27,32-39H2,2-17H3,(H,69,79)(H,70,80)(H,71,81)(H,72,85)(H,73,77)(H3,67,68,84)/t43-,47-,48+,49+,52?,53-,54-,55-,65+,66-/m0/s1. The molecule has 92 heavy (non-hydrogen) atoms. The molecule has 0 bridgehead atoms. The summed E-state index contributed by atoms with van der Waals surface area (Å²) in [5.74, 6) is -5.93. The zero-order valence-electron chi connectivity index (χ0n) is 56.8. The predicted molar refractivity (Wildman–Crippen MR) is 346 cm³/mol. The lowest BCUT2D eigenvalue weighted by Gasteiger charge is -2.43. The van der Waals surface area contributed by atoms with Gasteiger partial charge in [-0.05, 0) is 100 Å². The van der Waals surface area contributed by atoms with Gasteiger partial charge in [-0.3, -0.25) is 33.7 Å². The van der Waals surface area contributed by atoms with Crippen molar-refractivity contribution in [3.05, 3.63) is 78.4 Å². The van der Waals surface area contributed by atoms with Crippen LogP contribution in [0, 0.1) is 23.7 Å². The molecule has 9 N–H and O–H groups in total. The minimum Gasteiger partial charge on any atom is -0.458 e. The zero-order chi connectivity index (χ0) is 69.4. The minimum atomic E-state index is -2.44. The van der Waals surface area contributed by atoms with Crippen molar-refractivity contribution in [1.29, 1.82) is 0 Å². The monoisotopic (exact) mass is 1290 g/mol. The number of carbonyl (C=O) groups excluding carboxylic acids is 10. The number of amides is 10. The van der Waals surface area contributed by atoms with Gasteiger partial charge in [0.15, 0.2) is 0 Å². The van der Waals surface area contributed by atoms with Gasteiger partial charge in [-0.25, -0.2) is 19.2 Å². The number of benzene rings is 2. The van der Waals surface area contributed by atoms with Crippen LogP contribution in [0.5, 0.6) is 0 Å². The molecule has 1 saturated heterocycles. The number of primary amides is 1. The van der Waals surface area contributed by atoms with E-state index in [-0.39, 0.29) is 69.6 Å². The SMILES string of the molecule is C=CCOC(=O)[C@@](O)(Cc1ccccc1)NC(=O)C[C@@H](OC)[C@@]1(C)CCCN1C(=O)C[C@@H](OC)[C@H]([C@@H](C)CC)N(C)C(=O)[C@@H](NC(=O)[C@H](C(C)C)N(C)C(=O)OCc1ccc(NC(=O)[C@H](CCCNC(N)=O)NC(=O)C(NC(=O)OC(C)(C)C)C(C)C)cc1)C(C)C. The summed E-state index contributed by atoms with van der Waals surface area (Å²) >= 11 is 0. The highest BCUT2D eigenvalue weighted by Crippen LogP contribution is 2.37. The summed E-state index contributed by atoms with van der Waals surface area (Å²) in [5, 5.41) is 27.5. The normalized spacial score (nSPS) is 17.2. The van der Waals surface area contributed by atoms with Crippen LogP contribution in [0.15, 0.2) is 67.3 Å². The van der Waals surface area contributed by atoms with Gasteiger partial charge in [-0.15, -0.1) is 0 Å². The Morgan fingerprint density at radius 1 is 0.783 bits per heavy atom. The maximum absolute atomic E-state index is 14.9. The number of hydrogen-bond acceptors (Lipinski definition) is 16. The third-order valence-corrected chi connectivity index (χ3v) is 16.4. The summed E-state index contributed by atoms with van der Waals surface area (Å²) in [7, 11) is 5.92. The van der Waals surface area contributed by atoms with Gasteiger partial charge in [0.05, 0.1) is 36.6 Å². The molecular formula is C66H104N10O16. The van der Waals surface area contributed by atoms with E-state index in [4.69, 9.17) is 29.4 Å². The average molecular weight is 1290 g/mol. The summed E-state index contributed by atoms with van der Waals surface area (Å²) in [6, 6.07) is 9.20. The molecule has 1 aliphatic heterocycles. The number of nitrogens with zero attached hydrogens (tertiary/aromatic N) is 3. The number of aliphatic hydroxyl groups is 1. The van der Waals surface area contributed by atoms with E-state index in [0.29, 0.717) is 42.6 Å². The number of carbonyl (C=O) groups is 10. The van der Waals surface area contributed by atoms with Gasteiger partial charge in [0.25, 0.3) is 0 Å². The number of likely N-dealkylation sites (N-methyl/N-ethyl adjacent to an activating group) is 2. The Labute approximate surface area is 542 Å². The Balaban J connectivity index is 1.75. The quantitative estimate of drug-likeness (QED) is 0.0135. The van der Waals surface area contributed by atoms with Crippen LogP contribution in [-0.2, 0) is 70.3 Å². The second kappa shape index (κ2) is 36.4. The summed E-state index contributed by atoms with van der Waals surface area (Å²) in [6.07, 6.45) is -0.880. The van der Waals surface area contributed by atoms with Gasteiger partial charge < -0.3 is 76.2 Å². The molecule has 26 nitrogen and oxygen atoms in total. The van der Waals surface area contributed by atoms with Crippen molar-refractivity contribution in [3.63, 3.8) is 0 Å². The molecule has 1 heterocycles. The van der Waals surface area contributed by atoms with Gasteiger partial charge in [0.1, 0.15) is 43.0 Å². The van der Waals surface area contributed by atoms with Gasteiger partial charge in [-0.1, -0.05) is 117 Å². The number of alkyl carbamates (subject to hydrolysis) is 1. The maximum Gasteiger partial charge on any atom is 0.410 e. The first-order valence-corrected chi connectivity index (χ1v) is 31.5. The number of esters is 1. The average Bonchev–Trinajstić information content (AvgIpc) is 1.58. The van der Waals surface area contributed by atoms with Crippen LogP contribution in [0.1, 0.15) is 139 Å². The van der Waals surface area contributed by atoms with E-state index in [1.54, 1.807) is 129 Å². The Bertz CT molecular complexity index is 2800. The molecule has 0 saturated carbocycles. The Morgan fingerprint density at radius 3 is 1.96 bits per heavy atom. The molecule has 1 aliphatic rings. The zero-order valence-corrected chi connectivity index (χ0v) is 56.8. The Morgan fingerprint density at radius 2 is 1.41 bits per heavy atom. The van der Waals surface area contributed by atoms with Crippen LogP contribution in [0.25, 0.3) is 0 Å². The third kappa shape index (κ3) is 23.4. The number of nitrogens with two attached hydrogens (primary N) is 1. The summed E-state index contributed by atoms with van der Waals surface area (Å²) in [5.41, 5.74) is 2.35. The van der Waals surface area contributed by atoms with E-state index in [0.717, 1.165) is 4.90 Å². The van der Waals surface area contributed by atoms with E-state index in [1.807, 2.05) is 20.8 Å². The van der Waals surface area contributed by atoms with Crippen LogP contribution in [0.4, 0.5) is 20.1 Å². The lowest BCUT2D eigenvalue weighted by molar-refractivity contribution is -0.171. The largest absolute Gasteiger partial charge is 0.458 e. The number of hydrogen-bond donors (Lipinski definition) is 8. The number of urea groups is 1. The molecule has 10 atom stereocenters. The molecule has 0 spiro atoms. The highest BCUT2D eigenvalue weighted by molar-refractivity contribution is 5.98. The summed E-state index contributed by atoms with van der Waals surface area (Å²) in [4.78, 5) is 140. The van der Waals surface area contributed by atoms with E-state index in [1.165, 1.54) is 32.2 Å². The van der Waals surface area contributed by atoms with Crippen LogP contribution < -0.4 is 37.6 Å². The van der Waals surface area contributed by atoms with Crippen LogP contribution >= 0.6 is 0 Å². The predicted octanol–water partition coefficient (Wildman–Crippen LogP) is 5.68. The first kappa shape index (κ1) is 78.4. The fourth-order valence-electron chi connectivity index (χ4n) is 11.3. The smallest absolute Gasteiger partial charge is 0.410 e. The van der Waals surface area contributed by atoms with Crippen molar-refractivity contribution in [2.75, 3.05) is 53.3 Å². The molecule has 0 aliphatic carbocycles. The van der Waals surface area contributed by atoms with E-state index in [2.05, 4.69) is 38.5 Å². The number of likely N-dealkylation sites (tertiary alicyclic amines) is 1. The van der Waals surface area contributed by atoms with Crippen LogP contribution in [0.2, 0.25) is 0 Å². The molecule has 1 unspecified atom stereocenters. The molecule has 2 aromatic carbocycles. The van der Waals surface area contributed by atoms with Crippen LogP contribution in [-0.4, -0.2) is 187 Å². The Hall–Kier alpha value is -7.84. The van der Waals surface area contributed by atoms with E-state index < -0.39 is 125 Å². The van der Waals surface area contributed by atoms with Crippen molar-refractivity contribution in [1.82, 2.24) is 41.3 Å². The number of ether oxygens (including phenoxy) is 5. The topological polar surface area (TPSA) is 345 Å². The number of rotatable bonds is 35. The van der Waals surface area contributed by atoms with Crippen molar-refractivity contribution in [2.45, 2.75) is 200 Å². The lowest BCUT2D eigenvalue weighted by atomic mass is 9.87. The summed E-state index contributed by atoms with van der Waals surface area (Å²) < 4.78 is 28.2. The molecule has 10 amide bonds. The molecule has 0 aromatic heterocycles. The fraction of sp³-hybridized carbons (Fsp3) is 0.636. The molecule has 2 aromatic rings. The highest BCUT2D eigenvalue weighted by Gasteiger charge is 2.49. The second-order valence-electron chi connectivity index (χ2n) is 25.8. The molecule has 26 heteroatoms. The molecule has 514 valence electrons. The molecule has 3 rings (SSSR count). The van der Waals surface area contributed by atoms with Gasteiger partial charge in [0.2, 0.25) is 41.2 Å². The molecule has 0 radical (unpaired) electrons. The lowest BCUT2D eigenvalue weighted by Crippen LogP contribution is -2.61. The highest BCUT2D eigenvalue weighted by atomic mass is 16.6. The van der Waals surface area contributed by atoms with Gasteiger partial charge >= 0.3 is 24.2 Å². The summed E-state index contributed by atoms with van der Waals surface area (Å²) in [6.45, 7) is 24.9. The van der Waals surface area contributed by atoms with E-state index in [9.17, 15) is 53.1 Å². The van der Waals surface area contributed by atoms with E-state index >= 15 is 0 Å². The van der Waals surface area contributed by atoms with Gasteiger partial charge in [-0.2, -0.15) is 0 Å². The molecular weight excluding hydrogens is 1190 g/mol. The third-order valence-electron chi connectivity index (χ3n) is 16.4. The first-order chi connectivity index (χ1) is 43.1. The number of methoxy groups -OCH3 is 2. The van der Waals surface area contributed by atoms with Crippen LogP contribution in [0.3, 0.4) is 0 Å². The number of anilines is 1. The van der Waals surface area contributed by atoms with Crippen molar-refractivity contribution >= 4 is 65.3 Å². The van der Waals surface area contributed by atoms with Crippen molar-refractivity contribution in [3.8, 4) is 0 Å². The maximum atomic E-state index is 14.9. The first-order valence-electron chi connectivity index (χ1n) is 31.5. The Kier molecular flexibility index (Phi) is 31.0.